The van der Waals surface area contributed by atoms with Crippen LogP contribution in [0, 0.1) is 11.8 Å². The van der Waals surface area contributed by atoms with Crippen molar-refractivity contribution in [1.82, 2.24) is 0 Å². The largest absolute Gasteiger partial charge is 0.466 e. The Morgan fingerprint density at radius 1 is 0.808 bits per heavy atom. The number of carbonyl (C=O) groups is 2. The Bertz CT molecular complexity index is 394. The van der Waals surface area contributed by atoms with E-state index in [4.69, 9.17) is 18.9 Å². The summed E-state index contributed by atoms with van der Waals surface area (Å²) in [6, 6.07) is 0. The van der Waals surface area contributed by atoms with Crippen molar-refractivity contribution in [1.29, 1.82) is 0 Å². The molecule has 0 aromatic rings. The molecule has 0 spiro atoms. The SMILES string of the molecule is CCC1OCC1CCOC(=O)CCCCC(=O)OCCC1COC1CC. The summed E-state index contributed by atoms with van der Waals surface area (Å²) in [7, 11) is 0. The maximum Gasteiger partial charge on any atom is 0.305 e. The van der Waals surface area contributed by atoms with E-state index in [1.165, 1.54) is 0 Å². The fourth-order valence-electron chi connectivity index (χ4n) is 3.51. The van der Waals surface area contributed by atoms with Gasteiger partial charge in [0.2, 0.25) is 0 Å². The van der Waals surface area contributed by atoms with Gasteiger partial charge in [-0.2, -0.15) is 0 Å². The summed E-state index contributed by atoms with van der Waals surface area (Å²) in [5.74, 6) is 0.702. The van der Waals surface area contributed by atoms with Crippen molar-refractivity contribution < 1.29 is 28.5 Å². The van der Waals surface area contributed by atoms with Gasteiger partial charge in [-0.3, -0.25) is 9.59 Å². The van der Waals surface area contributed by atoms with E-state index in [0.717, 1.165) is 38.9 Å². The molecule has 2 fully saturated rings. The van der Waals surface area contributed by atoms with Gasteiger partial charge < -0.3 is 18.9 Å². The molecule has 4 atom stereocenters. The molecule has 0 amide bonds. The van der Waals surface area contributed by atoms with Gasteiger partial charge in [-0.1, -0.05) is 13.8 Å². The molecule has 0 N–H and O–H groups in total. The first-order valence-corrected chi connectivity index (χ1v) is 10.2. The summed E-state index contributed by atoms with van der Waals surface area (Å²) >= 11 is 0. The minimum absolute atomic E-state index is 0.178. The van der Waals surface area contributed by atoms with Crippen LogP contribution in [0.1, 0.15) is 65.2 Å². The predicted molar refractivity (Wildman–Crippen MR) is 96.7 cm³/mol. The Kier molecular flexibility index (Phi) is 9.40. The van der Waals surface area contributed by atoms with Crippen LogP contribution in [0.15, 0.2) is 0 Å². The average Bonchev–Trinajstić information content (AvgIpc) is 2.58. The second kappa shape index (κ2) is 11.5. The quantitative estimate of drug-likeness (QED) is 0.366. The van der Waals surface area contributed by atoms with Crippen LogP contribution in [0.25, 0.3) is 0 Å². The lowest BCUT2D eigenvalue weighted by Crippen LogP contribution is -2.39. The van der Waals surface area contributed by atoms with Crippen molar-refractivity contribution in [3.8, 4) is 0 Å². The average molecular weight is 370 g/mol. The van der Waals surface area contributed by atoms with Gasteiger partial charge in [0, 0.05) is 24.7 Å². The van der Waals surface area contributed by atoms with Crippen molar-refractivity contribution in [3.63, 3.8) is 0 Å². The summed E-state index contributed by atoms with van der Waals surface area (Å²) < 4.78 is 21.4. The lowest BCUT2D eigenvalue weighted by atomic mass is 9.93. The van der Waals surface area contributed by atoms with Crippen LogP contribution in [-0.4, -0.2) is 50.6 Å². The van der Waals surface area contributed by atoms with Crippen LogP contribution in [-0.2, 0) is 28.5 Å². The van der Waals surface area contributed by atoms with Gasteiger partial charge in [-0.15, -0.1) is 0 Å². The number of hydrogen-bond donors (Lipinski definition) is 0. The van der Waals surface area contributed by atoms with E-state index in [-0.39, 0.29) is 11.9 Å². The Balaban J connectivity index is 1.39. The van der Waals surface area contributed by atoms with Gasteiger partial charge in [0.1, 0.15) is 0 Å². The minimum atomic E-state index is -0.178. The van der Waals surface area contributed by atoms with Crippen LogP contribution >= 0.6 is 0 Å². The monoisotopic (exact) mass is 370 g/mol. The first-order chi connectivity index (χ1) is 12.6. The maximum absolute atomic E-state index is 11.7. The van der Waals surface area contributed by atoms with E-state index < -0.39 is 0 Å². The molecule has 2 saturated heterocycles. The summed E-state index contributed by atoms with van der Waals surface area (Å²) in [4.78, 5) is 23.4. The summed E-state index contributed by atoms with van der Waals surface area (Å²) in [5.41, 5.74) is 0. The van der Waals surface area contributed by atoms with E-state index in [9.17, 15) is 9.59 Å². The Morgan fingerprint density at radius 2 is 1.23 bits per heavy atom. The molecule has 2 heterocycles. The number of ether oxygens (including phenoxy) is 4. The number of hydrogen-bond acceptors (Lipinski definition) is 6. The van der Waals surface area contributed by atoms with Crippen LogP contribution in [0.3, 0.4) is 0 Å². The van der Waals surface area contributed by atoms with Gasteiger partial charge in [0.25, 0.3) is 0 Å². The normalized spacial score (nSPS) is 27.3. The molecule has 0 aromatic carbocycles. The molecule has 0 aliphatic carbocycles. The van der Waals surface area contributed by atoms with E-state index in [1.807, 2.05) is 0 Å². The molecule has 26 heavy (non-hydrogen) atoms. The van der Waals surface area contributed by atoms with Gasteiger partial charge in [-0.05, 0) is 38.5 Å². The Morgan fingerprint density at radius 3 is 1.54 bits per heavy atom. The van der Waals surface area contributed by atoms with E-state index >= 15 is 0 Å². The van der Waals surface area contributed by atoms with Crippen molar-refractivity contribution in [2.45, 2.75) is 77.4 Å². The lowest BCUT2D eigenvalue weighted by Gasteiger charge is -2.36. The number of carbonyl (C=O) groups excluding carboxylic acids is 2. The van der Waals surface area contributed by atoms with Crippen LogP contribution in [0.5, 0.6) is 0 Å². The molecule has 2 rings (SSSR count). The molecule has 0 aromatic heterocycles. The Hall–Kier alpha value is -1.14. The molecular formula is C20H34O6. The zero-order valence-electron chi connectivity index (χ0n) is 16.2. The molecular weight excluding hydrogens is 336 g/mol. The highest BCUT2D eigenvalue weighted by atomic mass is 16.5. The molecule has 0 bridgehead atoms. The fraction of sp³-hybridized carbons (Fsp3) is 0.900. The van der Waals surface area contributed by atoms with Crippen molar-refractivity contribution >= 4 is 11.9 Å². The lowest BCUT2D eigenvalue weighted by molar-refractivity contribution is -0.151. The molecule has 4 unspecified atom stereocenters. The second-order valence-corrected chi connectivity index (χ2v) is 7.31. The van der Waals surface area contributed by atoms with E-state index in [1.54, 1.807) is 0 Å². The molecule has 0 saturated carbocycles. The van der Waals surface area contributed by atoms with Gasteiger partial charge in [0.05, 0.1) is 38.6 Å². The van der Waals surface area contributed by atoms with Gasteiger partial charge in [0.15, 0.2) is 0 Å². The topological polar surface area (TPSA) is 71.1 Å². The second-order valence-electron chi connectivity index (χ2n) is 7.31. The number of esters is 2. The molecule has 2 aliphatic heterocycles. The Labute approximate surface area is 156 Å². The number of unbranched alkanes of at least 4 members (excludes halogenated alkanes) is 1. The van der Waals surface area contributed by atoms with Crippen LogP contribution < -0.4 is 0 Å². The van der Waals surface area contributed by atoms with Crippen LogP contribution in [0.4, 0.5) is 0 Å². The fourth-order valence-corrected chi connectivity index (χ4v) is 3.51. The zero-order valence-corrected chi connectivity index (χ0v) is 16.2. The number of rotatable bonds is 13. The molecule has 150 valence electrons. The minimum Gasteiger partial charge on any atom is -0.466 e. The predicted octanol–water partition coefficient (Wildman–Crippen LogP) is 3.26. The highest BCUT2D eigenvalue weighted by molar-refractivity contribution is 5.70. The third kappa shape index (κ3) is 6.88. The molecule has 0 radical (unpaired) electrons. The smallest absolute Gasteiger partial charge is 0.305 e. The standard InChI is InChI=1S/C20H34O6/c1-3-17-15(13-25-17)9-11-23-19(21)7-5-6-8-20(22)24-12-10-16-14-26-18(16)4-2/h15-18H,3-14H2,1-2H3. The first kappa shape index (κ1) is 21.2. The molecule has 6 heteroatoms. The maximum atomic E-state index is 11.7. The van der Waals surface area contributed by atoms with E-state index in [2.05, 4.69) is 13.8 Å². The first-order valence-electron chi connectivity index (χ1n) is 10.2. The van der Waals surface area contributed by atoms with Crippen molar-refractivity contribution in [2.24, 2.45) is 11.8 Å². The van der Waals surface area contributed by atoms with Crippen molar-refractivity contribution in [2.75, 3.05) is 26.4 Å². The zero-order chi connectivity index (χ0) is 18.8. The summed E-state index contributed by atoms with van der Waals surface area (Å²) in [6.45, 7) is 6.72. The highest BCUT2D eigenvalue weighted by Crippen LogP contribution is 2.26. The van der Waals surface area contributed by atoms with Gasteiger partial charge >= 0.3 is 11.9 Å². The summed E-state index contributed by atoms with van der Waals surface area (Å²) in [6.07, 6.45) is 6.51. The van der Waals surface area contributed by atoms with Crippen LogP contribution in [0.2, 0.25) is 0 Å². The molecule has 2 aliphatic rings. The third-order valence-electron chi connectivity index (χ3n) is 5.42. The van der Waals surface area contributed by atoms with Gasteiger partial charge in [-0.25, -0.2) is 0 Å². The van der Waals surface area contributed by atoms with Crippen molar-refractivity contribution in [3.05, 3.63) is 0 Å². The highest BCUT2D eigenvalue weighted by Gasteiger charge is 2.30. The molecule has 6 nitrogen and oxygen atoms in total. The summed E-state index contributed by atoms with van der Waals surface area (Å²) in [5, 5.41) is 0. The van der Waals surface area contributed by atoms with E-state index in [0.29, 0.717) is 62.9 Å². The third-order valence-corrected chi connectivity index (χ3v) is 5.42.